The maximum atomic E-state index is 15.1. The summed E-state index contributed by atoms with van der Waals surface area (Å²) >= 11 is 4.24. The topological polar surface area (TPSA) is 874 Å². The van der Waals surface area contributed by atoms with Crippen molar-refractivity contribution in [2.75, 3.05) is 38.5 Å². The zero-order chi connectivity index (χ0) is 112. The molecule has 2 aliphatic heterocycles. The normalized spacial score (nSPS) is 17.1. The maximum absolute atomic E-state index is 15.1. The molecule has 2 aromatic heterocycles. The molecule has 55 nitrogen and oxygen atoms in total. The number of carboxylic acids is 3. The lowest BCUT2D eigenvalue weighted by molar-refractivity contribution is -0.145. The van der Waals surface area contributed by atoms with Gasteiger partial charge in [-0.15, -0.1) is 0 Å². The zero-order valence-electron chi connectivity index (χ0n) is 85.6. The molecule has 0 unspecified atom stereocenters. The van der Waals surface area contributed by atoms with E-state index < -0.39 is 332 Å². The Balaban J connectivity index is 1.36. The Labute approximate surface area is 870 Å². The molecule has 21 atom stereocenters. The number of aromatic hydroxyl groups is 1. The molecule has 20 amide bonds. The van der Waals surface area contributed by atoms with Gasteiger partial charge in [0.2, 0.25) is 118 Å². The van der Waals surface area contributed by atoms with E-state index in [2.05, 4.69) is 112 Å². The Hall–Kier alpha value is -14.6. The van der Waals surface area contributed by atoms with E-state index in [-0.39, 0.29) is 102 Å². The number of carbonyl (C=O) groups excluding carboxylic acids is 20. The van der Waals surface area contributed by atoms with Gasteiger partial charge in [-0.2, -0.15) is 12.6 Å². The van der Waals surface area contributed by atoms with Crippen LogP contribution in [0.15, 0.2) is 49.3 Å². The number of amides is 20. The van der Waals surface area contributed by atoms with Crippen molar-refractivity contribution in [3.05, 3.63) is 66.3 Å². The highest BCUT2D eigenvalue weighted by atomic mass is 32.1. The van der Waals surface area contributed by atoms with Crippen LogP contribution in [-0.4, -0.2) is 350 Å². The lowest BCUT2D eigenvalue weighted by Crippen LogP contribution is -2.63. The number of hydrogen-bond donors (Lipinski definition) is 29. The van der Waals surface area contributed by atoms with Crippen molar-refractivity contribution in [2.45, 2.75) is 307 Å². The summed E-state index contributed by atoms with van der Waals surface area (Å²) in [6, 6.07) is -23.7. The van der Waals surface area contributed by atoms with Crippen LogP contribution < -0.4 is 108 Å². The fraction of sp³-hybridized carbons (Fsp3) is 0.628. The lowest BCUT2D eigenvalue weighted by Gasteiger charge is -2.33. The van der Waals surface area contributed by atoms with Crippen LogP contribution in [0.1, 0.15) is 189 Å². The molecule has 4 heterocycles. The van der Waals surface area contributed by atoms with Gasteiger partial charge in [0.15, 0.2) is 0 Å². The van der Waals surface area contributed by atoms with E-state index in [1.807, 2.05) is 5.32 Å². The molecular weight excluding hydrogens is 1990 g/mol. The number of thiol groups is 1. The van der Waals surface area contributed by atoms with E-state index in [0.29, 0.717) is 24.1 Å². The number of primary amides is 2. The Kier molecular flexibility index (Phi) is 52.1. The molecule has 0 spiro atoms. The van der Waals surface area contributed by atoms with Gasteiger partial charge in [0, 0.05) is 68.3 Å². The number of unbranched alkanes of at least 4 members (excludes halogenated alkanes) is 1. The third-order valence-corrected chi connectivity index (χ3v) is 25.4. The van der Waals surface area contributed by atoms with Crippen molar-refractivity contribution in [2.24, 2.45) is 52.5 Å². The van der Waals surface area contributed by atoms with Crippen molar-refractivity contribution in [3.63, 3.8) is 0 Å². The number of aliphatic hydroxyl groups is 2. The van der Waals surface area contributed by atoms with E-state index in [9.17, 15) is 117 Å². The number of nitrogens with one attached hydrogen (secondary N) is 18. The van der Waals surface area contributed by atoms with E-state index >= 15 is 19.2 Å². The molecule has 5 rings (SSSR count). The van der Waals surface area contributed by atoms with Gasteiger partial charge in [-0.1, -0.05) is 94.2 Å². The van der Waals surface area contributed by atoms with Gasteiger partial charge in [-0.05, 0) is 119 Å². The summed E-state index contributed by atoms with van der Waals surface area (Å²) in [5.41, 5.74) is 23.6. The van der Waals surface area contributed by atoms with Gasteiger partial charge in [0.1, 0.15) is 115 Å². The number of nitrogens with zero attached hydrogens (tertiary/aromatic N) is 4. The summed E-state index contributed by atoms with van der Waals surface area (Å²) in [7, 11) is 0. The smallest absolute Gasteiger partial charge is 0.322 e. The quantitative estimate of drug-likeness (QED) is 0.0184. The molecule has 2 saturated heterocycles. The number of carbonyl (C=O) groups is 23. The van der Waals surface area contributed by atoms with Gasteiger partial charge in [0.25, 0.3) is 0 Å². The number of aliphatic carboxylic acids is 3. The number of likely N-dealkylation sites (tertiary alicyclic amines) is 2. The molecule has 0 aliphatic carbocycles. The van der Waals surface area contributed by atoms with Crippen LogP contribution in [0.5, 0.6) is 5.75 Å². The molecule has 1 aromatic carbocycles. The minimum Gasteiger partial charge on any atom is -0.508 e. The first kappa shape index (κ1) is 126. The number of phenolic OH excluding ortho intramolecular Hbond substituents is 1. The number of imidazole rings is 2. The monoisotopic (exact) mass is 2140 g/mol. The minimum atomic E-state index is -1.97. The minimum absolute atomic E-state index is 0.0218. The molecule has 0 radical (unpaired) electrons. The van der Waals surface area contributed by atoms with Crippen LogP contribution in [0.2, 0.25) is 0 Å². The number of hydrogen-bond acceptors (Lipinski definition) is 31. The fourth-order valence-electron chi connectivity index (χ4n) is 16.3. The second kappa shape index (κ2) is 62.0. The summed E-state index contributed by atoms with van der Waals surface area (Å²) in [6.07, 6.45) is -0.271. The number of benzene rings is 1. The molecule has 2 fully saturated rings. The molecule has 150 heavy (non-hydrogen) atoms. The lowest BCUT2D eigenvalue weighted by atomic mass is 9.96. The molecular formula is C94H146N26O29S. The fourth-order valence-corrected chi connectivity index (χ4v) is 16.5. The van der Waals surface area contributed by atoms with Crippen molar-refractivity contribution in [3.8, 4) is 5.75 Å². The first-order chi connectivity index (χ1) is 70.7. The van der Waals surface area contributed by atoms with Crippen molar-refractivity contribution in [1.82, 2.24) is 115 Å². The van der Waals surface area contributed by atoms with Crippen LogP contribution >= 0.6 is 12.6 Å². The largest absolute Gasteiger partial charge is 0.508 e. The standard InChI is InChI=1S/C94H146N26O29S/c1-12-47(9)74(116-84(139)61(36-68(98)125)110-92(147)76(49(11)122)118-88(143)66-20-16-28-119(66)93(148)62(33-52-38-100-43-103-52)111-87(142)65-19-17-29-120(65)94(149)75(48(10)13-2)117-77(132)54(96)34-70(128)129)91(146)108-59(32-51-37-99-42-102-51)82(137)104-55(18-14-15-27-95)79(134)107-58(31-50-21-23-53(123)24-22-50)81(136)106-57(30-44(3)4)83(138)114-73(46(7)8)90(145)113-64(41-150)86(141)105-56(25-26-69(126)127)80(135)112-63(40-121)85(140)115-72(45(5)6)89(144)109-60(35-67(97)124)78(133)101-39-71(130)131/h21-24,37-38,42-49,54-66,72-76,121-123,150H,12-20,25-36,39-41,95-96H2,1-11H3,(H2,97,124)(H2,98,125)(H,99,102)(H,100,103)(H,101,133)(H,104,137)(H,105,141)(H,106,136)(H,107,134)(H,108,146)(H,109,144)(H,110,147)(H,111,142)(H,112,135)(H,113,145)(H,114,138)(H,115,140)(H,116,139)(H,117,132)(H,118,143)(H,126,127)(H,128,129)(H,130,131)/t47-,48-,49+,54-,55-,56-,57-,58-,59-,60-,61-,62-,63-,64-,65-,66-,72-,73-,74-,75-,76-/m0/s1. The van der Waals surface area contributed by atoms with Gasteiger partial charge in [-0.25, -0.2) is 9.97 Å². The van der Waals surface area contributed by atoms with E-state index in [0.717, 1.165) is 11.8 Å². The number of aromatic nitrogens is 4. The van der Waals surface area contributed by atoms with E-state index in [1.54, 1.807) is 34.6 Å². The van der Waals surface area contributed by atoms with Crippen LogP contribution in [0.3, 0.4) is 0 Å². The SMILES string of the molecule is CC[C@H](C)[C@H](NC(=O)[C@H](CC(N)=O)NC(=O)[C@@H](NC(=O)[C@@H]1CCCN1C(=O)[C@H](Cc1cnc[nH]1)NC(=O)[C@@H]1CCCN1C(=O)[C@@H](NC(=O)[C@@H](N)CC(=O)O)[C@@H](C)CC)[C@@H](C)O)C(=O)N[C@@H](Cc1cnc[nH]1)C(=O)N[C@@H](CCCCN)C(=O)N[C@@H](Cc1ccc(O)cc1)C(=O)N[C@@H](CC(C)C)C(=O)N[C@H](C(=O)N[C@@H](CS)C(=O)N[C@@H](CCC(=O)O)C(=O)N[C@@H](CO)C(=O)N[C@H](C(=O)N[C@@H](CC(N)=O)C(=O)NCC(=O)O)C(C)C)C(C)C. The predicted molar refractivity (Wildman–Crippen MR) is 534 cm³/mol. The molecule has 32 N–H and O–H groups in total. The molecule has 832 valence electrons. The average molecular weight is 2140 g/mol. The Morgan fingerprint density at radius 3 is 1.31 bits per heavy atom. The molecule has 0 saturated carbocycles. The second-order valence-electron chi connectivity index (χ2n) is 38.2. The van der Waals surface area contributed by atoms with E-state index in [1.165, 1.54) is 88.8 Å². The third kappa shape index (κ3) is 40.5. The summed E-state index contributed by atoms with van der Waals surface area (Å²) in [4.78, 5) is 334. The second-order valence-corrected chi connectivity index (χ2v) is 38.6. The Morgan fingerprint density at radius 1 is 0.433 bits per heavy atom. The number of phenols is 1. The Morgan fingerprint density at radius 2 is 0.840 bits per heavy atom. The van der Waals surface area contributed by atoms with Crippen LogP contribution in [0.25, 0.3) is 0 Å². The zero-order valence-corrected chi connectivity index (χ0v) is 86.5. The van der Waals surface area contributed by atoms with Crippen molar-refractivity contribution < 1.29 is 141 Å². The number of nitrogens with two attached hydrogens (primary N) is 4. The van der Waals surface area contributed by atoms with Crippen molar-refractivity contribution in [1.29, 1.82) is 0 Å². The molecule has 56 heteroatoms. The summed E-state index contributed by atoms with van der Waals surface area (Å²) in [5, 5.41) is 99.2. The summed E-state index contributed by atoms with van der Waals surface area (Å²) < 4.78 is 0. The highest BCUT2D eigenvalue weighted by Gasteiger charge is 2.47. The van der Waals surface area contributed by atoms with Crippen molar-refractivity contribution >= 4 is 149 Å². The predicted octanol–water partition coefficient (Wildman–Crippen LogP) is -8.38. The number of aliphatic hydroxyl groups excluding tert-OH is 2. The first-order valence-corrected chi connectivity index (χ1v) is 50.1. The molecule has 3 aromatic rings. The molecule has 0 bridgehead atoms. The summed E-state index contributed by atoms with van der Waals surface area (Å²) in [6.45, 7) is 14.9. The van der Waals surface area contributed by atoms with Gasteiger partial charge in [0.05, 0.1) is 50.7 Å². The number of rotatable bonds is 65. The highest BCUT2D eigenvalue weighted by Crippen LogP contribution is 2.26. The summed E-state index contributed by atoms with van der Waals surface area (Å²) in [5.74, 6) is -29.4. The Bertz CT molecular complexity index is 5150. The van der Waals surface area contributed by atoms with Gasteiger partial charge < -0.3 is 158 Å². The third-order valence-electron chi connectivity index (χ3n) is 25.1. The molecule has 2 aliphatic rings. The number of H-pyrrole nitrogens is 2. The van der Waals surface area contributed by atoms with Crippen LogP contribution in [0.4, 0.5) is 0 Å². The number of carboxylic acid groups (broad SMARTS) is 3. The maximum Gasteiger partial charge on any atom is 0.322 e. The van der Waals surface area contributed by atoms with E-state index in [4.69, 9.17) is 28.0 Å². The highest BCUT2D eigenvalue weighted by molar-refractivity contribution is 7.80. The number of aromatic amines is 2. The van der Waals surface area contributed by atoms with Gasteiger partial charge in [-0.3, -0.25) is 110 Å². The first-order valence-electron chi connectivity index (χ1n) is 49.4. The van der Waals surface area contributed by atoms with Crippen LogP contribution in [-0.2, 0) is 130 Å². The van der Waals surface area contributed by atoms with Crippen LogP contribution in [0, 0.1) is 29.6 Å². The van der Waals surface area contributed by atoms with Gasteiger partial charge >= 0.3 is 17.9 Å². The average Bonchev–Trinajstić information content (AvgIpc) is 1.66.